The zero-order valence-electron chi connectivity index (χ0n) is 14.6. The molecule has 2 unspecified atom stereocenters. The quantitative estimate of drug-likeness (QED) is 0.453. The minimum Gasteiger partial charge on any atom is -0.462 e. The maximum Gasteiger partial charge on any atom is 0.333 e. The number of carbonyl (C=O) groups is 2. The topological polar surface area (TPSA) is 52.6 Å². The average Bonchev–Trinajstić information content (AvgIpc) is 2.45. The Morgan fingerprint density at radius 3 is 1.77 bits per heavy atom. The standard InChI is InChI=1S/C18H30O4/c1-8-15(10-21-17(19)13(4)5)9-16(12(2)3)11-22-18(20)14(6)7/h12,15-16H,4,6,8-11H2,1-3,5,7H3. The van der Waals surface area contributed by atoms with Crippen LogP contribution >= 0.6 is 0 Å². The van der Waals surface area contributed by atoms with Gasteiger partial charge in [-0.2, -0.15) is 0 Å². The van der Waals surface area contributed by atoms with Gasteiger partial charge in [0.1, 0.15) is 0 Å². The molecule has 0 bridgehead atoms. The van der Waals surface area contributed by atoms with E-state index in [1.165, 1.54) is 0 Å². The molecule has 4 heteroatoms. The molecular formula is C18H30O4. The van der Waals surface area contributed by atoms with Gasteiger partial charge in [-0.1, -0.05) is 40.3 Å². The van der Waals surface area contributed by atoms with Gasteiger partial charge < -0.3 is 9.47 Å². The molecule has 22 heavy (non-hydrogen) atoms. The van der Waals surface area contributed by atoms with E-state index in [1.54, 1.807) is 13.8 Å². The highest BCUT2D eigenvalue weighted by molar-refractivity contribution is 5.87. The van der Waals surface area contributed by atoms with Crippen molar-refractivity contribution in [1.29, 1.82) is 0 Å². The summed E-state index contributed by atoms with van der Waals surface area (Å²) in [5.74, 6) is 0.153. The second kappa shape index (κ2) is 10.2. The molecule has 0 spiro atoms. The lowest BCUT2D eigenvalue weighted by atomic mass is 9.86. The third kappa shape index (κ3) is 8.01. The largest absolute Gasteiger partial charge is 0.462 e. The van der Waals surface area contributed by atoms with Gasteiger partial charge in [-0.05, 0) is 38.0 Å². The summed E-state index contributed by atoms with van der Waals surface area (Å²) < 4.78 is 10.5. The molecule has 0 aromatic carbocycles. The monoisotopic (exact) mass is 310 g/mol. The first-order chi connectivity index (χ1) is 10.2. The lowest BCUT2D eigenvalue weighted by molar-refractivity contribution is -0.141. The Balaban J connectivity index is 4.49. The van der Waals surface area contributed by atoms with Crippen LogP contribution in [0.5, 0.6) is 0 Å². The van der Waals surface area contributed by atoms with Gasteiger partial charge in [-0.25, -0.2) is 9.59 Å². The van der Waals surface area contributed by atoms with Gasteiger partial charge in [0.2, 0.25) is 0 Å². The summed E-state index contributed by atoms with van der Waals surface area (Å²) in [6, 6.07) is 0. The van der Waals surface area contributed by atoms with Crippen LogP contribution in [0.2, 0.25) is 0 Å². The van der Waals surface area contributed by atoms with Crippen LogP contribution in [-0.4, -0.2) is 25.2 Å². The first-order valence-corrected chi connectivity index (χ1v) is 7.84. The summed E-state index contributed by atoms with van der Waals surface area (Å²) >= 11 is 0. The van der Waals surface area contributed by atoms with Gasteiger partial charge in [0.25, 0.3) is 0 Å². The molecule has 0 aliphatic rings. The SMILES string of the molecule is C=C(C)C(=O)OCC(CC)CC(COC(=O)C(=C)C)C(C)C. The molecule has 0 saturated carbocycles. The van der Waals surface area contributed by atoms with Crippen LogP contribution in [0.25, 0.3) is 0 Å². The molecular weight excluding hydrogens is 280 g/mol. The van der Waals surface area contributed by atoms with Crippen molar-refractivity contribution in [3.05, 3.63) is 24.3 Å². The predicted molar refractivity (Wildman–Crippen MR) is 88.3 cm³/mol. The first kappa shape index (κ1) is 20.4. The van der Waals surface area contributed by atoms with Crippen LogP contribution in [0.15, 0.2) is 24.3 Å². The fraction of sp³-hybridized carbons (Fsp3) is 0.667. The van der Waals surface area contributed by atoms with Crippen LogP contribution < -0.4 is 0 Å². The molecule has 0 saturated heterocycles. The van der Waals surface area contributed by atoms with E-state index in [0.29, 0.717) is 30.3 Å². The predicted octanol–water partition coefficient (Wildman–Crippen LogP) is 3.91. The number of ether oxygens (including phenoxy) is 2. The van der Waals surface area contributed by atoms with Crippen LogP contribution in [0.1, 0.15) is 47.5 Å². The van der Waals surface area contributed by atoms with E-state index in [2.05, 4.69) is 33.9 Å². The Labute approximate surface area is 134 Å². The van der Waals surface area contributed by atoms with Crippen LogP contribution in [0.3, 0.4) is 0 Å². The third-order valence-electron chi connectivity index (χ3n) is 3.73. The van der Waals surface area contributed by atoms with Crippen molar-refractivity contribution in [3.63, 3.8) is 0 Å². The van der Waals surface area contributed by atoms with Gasteiger partial charge >= 0.3 is 11.9 Å². The van der Waals surface area contributed by atoms with E-state index in [-0.39, 0.29) is 23.8 Å². The number of carbonyl (C=O) groups excluding carboxylic acids is 2. The zero-order valence-corrected chi connectivity index (χ0v) is 14.6. The lowest BCUT2D eigenvalue weighted by Gasteiger charge is -2.25. The van der Waals surface area contributed by atoms with Crippen LogP contribution in [-0.2, 0) is 19.1 Å². The van der Waals surface area contributed by atoms with Gasteiger partial charge in [-0.15, -0.1) is 0 Å². The molecule has 0 N–H and O–H groups in total. The molecule has 4 nitrogen and oxygen atoms in total. The van der Waals surface area contributed by atoms with Crippen LogP contribution in [0.4, 0.5) is 0 Å². The highest BCUT2D eigenvalue weighted by atomic mass is 16.5. The fourth-order valence-corrected chi connectivity index (χ4v) is 1.94. The van der Waals surface area contributed by atoms with Gasteiger partial charge in [-0.3, -0.25) is 0 Å². The van der Waals surface area contributed by atoms with Crippen molar-refractivity contribution < 1.29 is 19.1 Å². The van der Waals surface area contributed by atoms with Gasteiger partial charge in [0, 0.05) is 11.1 Å². The van der Waals surface area contributed by atoms with Crippen molar-refractivity contribution in [2.75, 3.05) is 13.2 Å². The summed E-state index contributed by atoms with van der Waals surface area (Å²) in [6.07, 6.45) is 1.75. The fourth-order valence-electron chi connectivity index (χ4n) is 1.94. The summed E-state index contributed by atoms with van der Waals surface area (Å²) in [5, 5.41) is 0. The van der Waals surface area contributed by atoms with E-state index in [0.717, 1.165) is 12.8 Å². The van der Waals surface area contributed by atoms with Gasteiger partial charge in [0.05, 0.1) is 13.2 Å². The summed E-state index contributed by atoms with van der Waals surface area (Å²) in [4.78, 5) is 23.0. The Morgan fingerprint density at radius 1 is 0.955 bits per heavy atom. The van der Waals surface area contributed by atoms with Gasteiger partial charge in [0.15, 0.2) is 0 Å². The Bertz CT molecular complexity index is 409. The molecule has 0 aromatic heterocycles. The third-order valence-corrected chi connectivity index (χ3v) is 3.73. The lowest BCUT2D eigenvalue weighted by Crippen LogP contribution is -2.24. The molecule has 0 heterocycles. The van der Waals surface area contributed by atoms with E-state index >= 15 is 0 Å². The second-order valence-corrected chi connectivity index (χ2v) is 6.27. The van der Waals surface area contributed by atoms with Crippen molar-refractivity contribution in [3.8, 4) is 0 Å². The molecule has 0 rings (SSSR count). The van der Waals surface area contributed by atoms with Crippen molar-refractivity contribution in [2.45, 2.75) is 47.5 Å². The Kier molecular flexibility index (Phi) is 9.46. The Morgan fingerprint density at radius 2 is 1.41 bits per heavy atom. The Hall–Kier alpha value is -1.58. The molecule has 126 valence electrons. The van der Waals surface area contributed by atoms with Crippen LogP contribution in [0, 0.1) is 17.8 Å². The smallest absolute Gasteiger partial charge is 0.333 e. The first-order valence-electron chi connectivity index (χ1n) is 7.84. The number of rotatable bonds is 10. The molecule has 0 radical (unpaired) electrons. The second-order valence-electron chi connectivity index (χ2n) is 6.27. The molecule has 0 aliphatic carbocycles. The summed E-state index contributed by atoms with van der Waals surface area (Å²) in [7, 11) is 0. The molecule has 0 aliphatic heterocycles. The van der Waals surface area contributed by atoms with E-state index in [1.807, 2.05) is 0 Å². The average molecular weight is 310 g/mol. The highest BCUT2D eigenvalue weighted by Crippen LogP contribution is 2.24. The molecule has 0 fully saturated rings. The zero-order chi connectivity index (χ0) is 17.3. The van der Waals surface area contributed by atoms with Crippen molar-refractivity contribution >= 4 is 11.9 Å². The minimum atomic E-state index is -0.354. The maximum absolute atomic E-state index is 11.5. The minimum absolute atomic E-state index is 0.233. The van der Waals surface area contributed by atoms with Crippen molar-refractivity contribution in [2.24, 2.45) is 17.8 Å². The molecule has 0 aromatic rings. The molecule has 2 atom stereocenters. The molecule has 0 amide bonds. The van der Waals surface area contributed by atoms with Crippen molar-refractivity contribution in [1.82, 2.24) is 0 Å². The number of hydrogen-bond acceptors (Lipinski definition) is 4. The van der Waals surface area contributed by atoms with E-state index in [4.69, 9.17) is 9.47 Å². The highest BCUT2D eigenvalue weighted by Gasteiger charge is 2.21. The normalized spacial score (nSPS) is 13.4. The number of esters is 2. The summed E-state index contributed by atoms with van der Waals surface area (Å²) in [6.45, 7) is 17.4. The van der Waals surface area contributed by atoms with E-state index < -0.39 is 0 Å². The summed E-state index contributed by atoms with van der Waals surface area (Å²) in [5.41, 5.74) is 0.815. The number of hydrogen-bond donors (Lipinski definition) is 0. The maximum atomic E-state index is 11.5. The van der Waals surface area contributed by atoms with E-state index in [9.17, 15) is 9.59 Å².